The SMILES string of the molecule is CCCC(=O)N1CCN(c2ccc(Cl)cc2NC(=O)CC23CC4CC(CC(C4)C2)C3)CC1. The van der Waals surface area contributed by atoms with E-state index in [0.29, 0.717) is 17.9 Å². The lowest BCUT2D eigenvalue weighted by atomic mass is 9.49. The number of carbonyl (C=O) groups is 2. The number of hydrogen-bond acceptors (Lipinski definition) is 3. The van der Waals surface area contributed by atoms with Crippen molar-refractivity contribution in [1.29, 1.82) is 0 Å². The molecule has 1 aromatic carbocycles. The molecule has 1 saturated heterocycles. The van der Waals surface area contributed by atoms with E-state index in [9.17, 15) is 9.59 Å². The Labute approximate surface area is 196 Å². The van der Waals surface area contributed by atoms with Crippen molar-refractivity contribution in [2.45, 2.75) is 64.7 Å². The minimum atomic E-state index is 0.132. The molecule has 4 bridgehead atoms. The highest BCUT2D eigenvalue weighted by Crippen LogP contribution is 2.61. The van der Waals surface area contributed by atoms with Gasteiger partial charge in [0, 0.05) is 44.0 Å². The molecular formula is C26H36ClN3O2. The molecule has 32 heavy (non-hydrogen) atoms. The maximum atomic E-state index is 13.2. The van der Waals surface area contributed by atoms with Crippen LogP contribution in [0.3, 0.4) is 0 Å². The molecule has 1 heterocycles. The smallest absolute Gasteiger partial charge is 0.224 e. The van der Waals surface area contributed by atoms with Crippen LogP contribution in [0.25, 0.3) is 0 Å². The molecule has 0 spiro atoms. The van der Waals surface area contributed by atoms with E-state index >= 15 is 0 Å². The molecular weight excluding hydrogens is 422 g/mol. The monoisotopic (exact) mass is 457 g/mol. The third kappa shape index (κ3) is 4.50. The summed E-state index contributed by atoms with van der Waals surface area (Å²) in [6.07, 6.45) is 10.0. The number of benzene rings is 1. The number of amides is 2. The number of halogens is 1. The highest BCUT2D eigenvalue weighted by atomic mass is 35.5. The number of anilines is 2. The van der Waals surface area contributed by atoms with Crippen LogP contribution in [0.1, 0.15) is 64.7 Å². The van der Waals surface area contributed by atoms with Crippen LogP contribution in [0.5, 0.6) is 0 Å². The van der Waals surface area contributed by atoms with Gasteiger partial charge in [-0.2, -0.15) is 0 Å². The van der Waals surface area contributed by atoms with Gasteiger partial charge in [-0.1, -0.05) is 18.5 Å². The van der Waals surface area contributed by atoms with Crippen molar-refractivity contribution in [3.8, 4) is 0 Å². The lowest BCUT2D eigenvalue weighted by Crippen LogP contribution is -2.49. The molecule has 5 nitrogen and oxygen atoms in total. The van der Waals surface area contributed by atoms with E-state index in [1.54, 1.807) is 0 Å². The molecule has 5 aliphatic rings. The average molecular weight is 458 g/mol. The summed E-state index contributed by atoms with van der Waals surface area (Å²) in [5.41, 5.74) is 2.04. The van der Waals surface area contributed by atoms with E-state index in [-0.39, 0.29) is 17.2 Å². The van der Waals surface area contributed by atoms with Crippen LogP contribution in [0.4, 0.5) is 11.4 Å². The van der Waals surface area contributed by atoms with Crippen LogP contribution in [0.2, 0.25) is 5.02 Å². The van der Waals surface area contributed by atoms with E-state index in [1.165, 1.54) is 38.5 Å². The Hall–Kier alpha value is -1.75. The zero-order valence-electron chi connectivity index (χ0n) is 19.2. The minimum Gasteiger partial charge on any atom is -0.366 e. The number of piperazine rings is 1. The summed E-state index contributed by atoms with van der Waals surface area (Å²) in [5.74, 6) is 2.92. The number of rotatable bonds is 6. The molecule has 1 N–H and O–H groups in total. The standard InChI is InChI=1S/C26H36ClN3O2/c1-2-3-25(32)30-8-6-29(7-9-30)23-5-4-21(27)13-22(23)28-24(31)17-26-14-18-10-19(15-26)12-20(11-18)16-26/h4-5,13,18-20H,2-3,6-12,14-17H2,1H3,(H,28,31). The van der Waals surface area contributed by atoms with Gasteiger partial charge in [0.05, 0.1) is 11.4 Å². The van der Waals surface area contributed by atoms with Crippen LogP contribution in [0.15, 0.2) is 18.2 Å². The first-order chi connectivity index (χ1) is 15.4. The molecule has 4 saturated carbocycles. The zero-order valence-corrected chi connectivity index (χ0v) is 20.0. The average Bonchev–Trinajstić information content (AvgIpc) is 2.73. The summed E-state index contributed by atoms with van der Waals surface area (Å²) in [4.78, 5) is 29.7. The molecule has 6 rings (SSSR count). The molecule has 1 aromatic rings. The zero-order chi connectivity index (χ0) is 22.3. The van der Waals surface area contributed by atoms with E-state index < -0.39 is 0 Å². The molecule has 6 heteroatoms. The second-order valence-electron chi connectivity index (χ2n) is 10.9. The Morgan fingerprint density at radius 3 is 2.25 bits per heavy atom. The fraction of sp³-hybridized carbons (Fsp3) is 0.692. The van der Waals surface area contributed by atoms with Crippen LogP contribution in [-0.2, 0) is 9.59 Å². The normalized spacial score (nSPS) is 31.1. The topological polar surface area (TPSA) is 52.7 Å². The molecule has 4 aliphatic carbocycles. The molecule has 0 atom stereocenters. The number of nitrogens with one attached hydrogen (secondary N) is 1. The summed E-state index contributed by atoms with van der Waals surface area (Å²) in [6, 6.07) is 5.77. The Kier molecular flexibility index (Phi) is 6.13. The first-order valence-electron chi connectivity index (χ1n) is 12.6. The Balaban J connectivity index is 1.25. The van der Waals surface area contributed by atoms with Crippen molar-refractivity contribution in [1.82, 2.24) is 4.90 Å². The quantitative estimate of drug-likeness (QED) is 0.627. The third-order valence-electron chi connectivity index (χ3n) is 8.37. The second kappa shape index (κ2) is 8.89. The van der Waals surface area contributed by atoms with E-state index in [0.717, 1.165) is 61.7 Å². The molecule has 0 radical (unpaired) electrons. The van der Waals surface area contributed by atoms with Crippen molar-refractivity contribution in [2.75, 3.05) is 36.4 Å². The Bertz CT molecular complexity index is 843. The lowest BCUT2D eigenvalue weighted by molar-refractivity contribution is -0.131. The molecule has 1 aliphatic heterocycles. The molecule has 2 amide bonds. The first kappa shape index (κ1) is 22.1. The van der Waals surface area contributed by atoms with Gasteiger partial charge in [-0.3, -0.25) is 9.59 Å². The van der Waals surface area contributed by atoms with Gasteiger partial charge in [-0.05, 0) is 86.3 Å². The Morgan fingerprint density at radius 1 is 1.03 bits per heavy atom. The molecule has 174 valence electrons. The molecule has 0 aromatic heterocycles. The maximum absolute atomic E-state index is 13.2. The van der Waals surface area contributed by atoms with E-state index in [4.69, 9.17) is 11.6 Å². The van der Waals surface area contributed by atoms with Crippen molar-refractivity contribution >= 4 is 34.8 Å². The second-order valence-corrected chi connectivity index (χ2v) is 11.4. The van der Waals surface area contributed by atoms with Gasteiger partial charge in [-0.25, -0.2) is 0 Å². The first-order valence-corrected chi connectivity index (χ1v) is 12.9. The number of nitrogens with zero attached hydrogens (tertiary/aromatic N) is 2. The number of hydrogen-bond donors (Lipinski definition) is 1. The lowest BCUT2D eigenvalue weighted by Gasteiger charge is -2.56. The van der Waals surface area contributed by atoms with Gasteiger partial charge in [0.25, 0.3) is 0 Å². The van der Waals surface area contributed by atoms with Gasteiger partial charge < -0.3 is 15.1 Å². The van der Waals surface area contributed by atoms with Crippen LogP contribution in [-0.4, -0.2) is 42.9 Å². The van der Waals surface area contributed by atoms with Gasteiger partial charge in [0.15, 0.2) is 0 Å². The fourth-order valence-corrected chi connectivity index (χ4v) is 7.67. The maximum Gasteiger partial charge on any atom is 0.224 e. The molecule has 0 unspecified atom stereocenters. The van der Waals surface area contributed by atoms with Crippen LogP contribution >= 0.6 is 11.6 Å². The highest BCUT2D eigenvalue weighted by molar-refractivity contribution is 6.31. The van der Waals surface area contributed by atoms with Crippen molar-refractivity contribution in [3.63, 3.8) is 0 Å². The van der Waals surface area contributed by atoms with Gasteiger partial charge in [-0.15, -0.1) is 0 Å². The van der Waals surface area contributed by atoms with Crippen molar-refractivity contribution < 1.29 is 9.59 Å². The molecule has 5 fully saturated rings. The van der Waals surface area contributed by atoms with Crippen molar-refractivity contribution in [3.05, 3.63) is 23.2 Å². The minimum absolute atomic E-state index is 0.132. The summed E-state index contributed by atoms with van der Waals surface area (Å²) in [7, 11) is 0. The predicted molar refractivity (Wildman–Crippen MR) is 129 cm³/mol. The summed E-state index contributed by atoms with van der Waals surface area (Å²) in [5, 5.41) is 3.87. The van der Waals surface area contributed by atoms with E-state index in [2.05, 4.69) is 10.2 Å². The van der Waals surface area contributed by atoms with Crippen molar-refractivity contribution in [2.24, 2.45) is 23.2 Å². The third-order valence-corrected chi connectivity index (χ3v) is 8.61. The van der Waals surface area contributed by atoms with Gasteiger partial charge >= 0.3 is 0 Å². The van der Waals surface area contributed by atoms with E-state index in [1.807, 2.05) is 30.0 Å². The Morgan fingerprint density at radius 2 is 1.66 bits per heavy atom. The predicted octanol–water partition coefficient (Wildman–Crippen LogP) is 5.33. The van der Waals surface area contributed by atoms with Gasteiger partial charge in [0.1, 0.15) is 0 Å². The summed E-state index contributed by atoms with van der Waals surface area (Å²) >= 11 is 6.32. The number of carbonyl (C=O) groups excluding carboxylic acids is 2. The largest absolute Gasteiger partial charge is 0.366 e. The van der Waals surface area contributed by atoms with Crippen LogP contribution < -0.4 is 10.2 Å². The highest BCUT2D eigenvalue weighted by Gasteiger charge is 2.51. The fourth-order valence-electron chi connectivity index (χ4n) is 7.49. The summed E-state index contributed by atoms with van der Waals surface area (Å²) < 4.78 is 0. The van der Waals surface area contributed by atoms with Crippen LogP contribution in [0, 0.1) is 23.2 Å². The van der Waals surface area contributed by atoms with Gasteiger partial charge in [0.2, 0.25) is 11.8 Å². The summed E-state index contributed by atoms with van der Waals surface area (Å²) in [6.45, 7) is 5.04.